The van der Waals surface area contributed by atoms with Gasteiger partial charge >= 0.3 is 5.97 Å². The quantitative estimate of drug-likeness (QED) is 0.844. The van der Waals surface area contributed by atoms with Gasteiger partial charge in [0.05, 0.1) is 5.56 Å². The Kier molecular flexibility index (Phi) is 3.63. The number of hydrogen-bond donors (Lipinski definition) is 1. The Hall–Kier alpha value is -0.670. The molecule has 0 radical (unpaired) electrons. The minimum absolute atomic E-state index is 0.293. The van der Waals surface area contributed by atoms with E-state index in [1.165, 1.54) is 6.07 Å². The van der Waals surface area contributed by atoms with Crippen LogP contribution in [0.25, 0.3) is 0 Å². The number of benzene rings is 1. The van der Waals surface area contributed by atoms with Crippen LogP contribution in [-0.4, -0.2) is 17.3 Å². The standard InChI is InChI=1S/C9H9ClO2S/c1-13-5-6-2-3-7(10)4-8(6)9(11)12/h2-4H,5H2,1H3,(H,11,12). The largest absolute Gasteiger partial charge is 0.478 e. The van der Waals surface area contributed by atoms with Crippen molar-refractivity contribution < 1.29 is 9.90 Å². The maximum Gasteiger partial charge on any atom is 0.336 e. The molecule has 0 fully saturated rings. The van der Waals surface area contributed by atoms with Crippen LogP contribution in [0.4, 0.5) is 0 Å². The van der Waals surface area contributed by atoms with Crippen molar-refractivity contribution in [3.63, 3.8) is 0 Å². The van der Waals surface area contributed by atoms with Crippen LogP contribution in [0.2, 0.25) is 5.02 Å². The first kappa shape index (κ1) is 10.4. The maximum atomic E-state index is 10.8. The lowest BCUT2D eigenvalue weighted by Crippen LogP contribution is -2.01. The monoisotopic (exact) mass is 216 g/mol. The fourth-order valence-corrected chi connectivity index (χ4v) is 1.76. The van der Waals surface area contributed by atoms with Crippen LogP contribution in [0.5, 0.6) is 0 Å². The summed E-state index contributed by atoms with van der Waals surface area (Å²) in [4.78, 5) is 10.8. The Labute approximate surface area is 85.9 Å². The predicted octanol–water partition coefficient (Wildman–Crippen LogP) is 2.90. The second-order valence-electron chi connectivity index (χ2n) is 2.54. The molecule has 0 bridgehead atoms. The number of carbonyl (C=O) groups is 1. The zero-order valence-electron chi connectivity index (χ0n) is 7.08. The van der Waals surface area contributed by atoms with Crippen molar-refractivity contribution in [1.82, 2.24) is 0 Å². The van der Waals surface area contributed by atoms with Crippen molar-refractivity contribution in [2.45, 2.75) is 5.75 Å². The molecule has 0 amide bonds. The number of hydrogen-bond acceptors (Lipinski definition) is 2. The average Bonchev–Trinajstić information content (AvgIpc) is 2.08. The van der Waals surface area contributed by atoms with Gasteiger partial charge in [-0.05, 0) is 24.0 Å². The molecule has 0 aliphatic carbocycles. The van der Waals surface area contributed by atoms with E-state index in [2.05, 4.69) is 0 Å². The number of carboxylic acids is 1. The molecule has 1 N–H and O–H groups in total. The maximum absolute atomic E-state index is 10.8. The van der Waals surface area contributed by atoms with Crippen molar-refractivity contribution in [1.29, 1.82) is 0 Å². The van der Waals surface area contributed by atoms with Crippen molar-refractivity contribution in [2.24, 2.45) is 0 Å². The third-order valence-corrected chi connectivity index (χ3v) is 2.44. The van der Waals surface area contributed by atoms with Gasteiger partial charge in [-0.1, -0.05) is 17.7 Å². The summed E-state index contributed by atoms with van der Waals surface area (Å²) in [5.74, 6) is -0.231. The van der Waals surface area contributed by atoms with Crippen LogP contribution in [0.15, 0.2) is 18.2 Å². The number of rotatable bonds is 3. The molecule has 0 aliphatic heterocycles. The van der Waals surface area contributed by atoms with Gasteiger partial charge in [0.25, 0.3) is 0 Å². The van der Waals surface area contributed by atoms with Gasteiger partial charge in [-0.3, -0.25) is 0 Å². The summed E-state index contributed by atoms with van der Waals surface area (Å²) in [7, 11) is 0. The third-order valence-electron chi connectivity index (χ3n) is 1.60. The highest BCUT2D eigenvalue weighted by Crippen LogP contribution is 2.19. The molecule has 0 saturated carbocycles. The molecule has 0 atom stereocenters. The Balaban J connectivity index is 3.10. The van der Waals surface area contributed by atoms with Gasteiger partial charge in [-0.2, -0.15) is 11.8 Å². The van der Waals surface area contributed by atoms with Crippen LogP contribution in [-0.2, 0) is 5.75 Å². The Morgan fingerprint density at radius 2 is 2.31 bits per heavy atom. The van der Waals surface area contributed by atoms with Gasteiger partial charge in [0.2, 0.25) is 0 Å². The molecule has 0 aromatic heterocycles. The van der Waals surface area contributed by atoms with E-state index >= 15 is 0 Å². The molecule has 0 heterocycles. The fraction of sp³-hybridized carbons (Fsp3) is 0.222. The van der Waals surface area contributed by atoms with E-state index in [-0.39, 0.29) is 0 Å². The lowest BCUT2D eigenvalue weighted by molar-refractivity contribution is 0.0696. The molecular formula is C9H9ClO2S. The molecule has 13 heavy (non-hydrogen) atoms. The predicted molar refractivity (Wildman–Crippen MR) is 55.6 cm³/mol. The first-order valence-corrected chi connectivity index (χ1v) is 5.43. The fourth-order valence-electron chi connectivity index (χ4n) is 1.03. The third kappa shape index (κ3) is 2.64. The van der Waals surface area contributed by atoms with Gasteiger partial charge in [-0.15, -0.1) is 0 Å². The summed E-state index contributed by atoms with van der Waals surface area (Å²) in [6, 6.07) is 4.94. The van der Waals surface area contributed by atoms with Crippen molar-refractivity contribution in [3.8, 4) is 0 Å². The Morgan fingerprint density at radius 1 is 1.62 bits per heavy atom. The molecule has 4 heteroatoms. The normalized spacial score (nSPS) is 10.0. The van der Waals surface area contributed by atoms with Crippen LogP contribution in [0.1, 0.15) is 15.9 Å². The van der Waals surface area contributed by atoms with Crippen molar-refractivity contribution in [3.05, 3.63) is 34.3 Å². The van der Waals surface area contributed by atoms with E-state index in [4.69, 9.17) is 16.7 Å². The van der Waals surface area contributed by atoms with Crippen LogP contribution < -0.4 is 0 Å². The molecule has 1 aromatic carbocycles. The Bertz CT molecular complexity index is 325. The van der Waals surface area contributed by atoms with Crippen molar-refractivity contribution >= 4 is 29.3 Å². The first-order chi connectivity index (χ1) is 6.15. The summed E-state index contributed by atoms with van der Waals surface area (Å²) in [5.41, 5.74) is 1.10. The minimum atomic E-state index is -0.924. The highest BCUT2D eigenvalue weighted by molar-refractivity contribution is 7.97. The zero-order chi connectivity index (χ0) is 9.84. The van der Waals surface area contributed by atoms with E-state index < -0.39 is 5.97 Å². The van der Waals surface area contributed by atoms with Crippen LogP contribution in [0, 0.1) is 0 Å². The smallest absolute Gasteiger partial charge is 0.336 e. The minimum Gasteiger partial charge on any atom is -0.478 e. The van der Waals surface area contributed by atoms with Gasteiger partial charge in [0.15, 0.2) is 0 Å². The summed E-state index contributed by atoms with van der Waals surface area (Å²) >= 11 is 7.28. The SMILES string of the molecule is CSCc1ccc(Cl)cc1C(=O)O. The number of aromatic carboxylic acids is 1. The number of halogens is 1. The van der Waals surface area contributed by atoms with Gasteiger partial charge in [0.1, 0.15) is 0 Å². The highest BCUT2D eigenvalue weighted by atomic mass is 35.5. The topological polar surface area (TPSA) is 37.3 Å². The first-order valence-electron chi connectivity index (χ1n) is 3.66. The second kappa shape index (κ2) is 4.53. The van der Waals surface area contributed by atoms with E-state index in [1.54, 1.807) is 23.9 Å². The van der Waals surface area contributed by atoms with Gasteiger partial charge < -0.3 is 5.11 Å². The lowest BCUT2D eigenvalue weighted by atomic mass is 10.1. The van der Waals surface area contributed by atoms with E-state index in [0.29, 0.717) is 16.3 Å². The van der Waals surface area contributed by atoms with Crippen molar-refractivity contribution in [2.75, 3.05) is 6.26 Å². The van der Waals surface area contributed by atoms with Gasteiger partial charge in [0, 0.05) is 10.8 Å². The molecule has 0 saturated heterocycles. The molecule has 70 valence electrons. The van der Waals surface area contributed by atoms with Gasteiger partial charge in [-0.25, -0.2) is 4.79 Å². The molecule has 0 unspecified atom stereocenters. The number of thioether (sulfide) groups is 1. The summed E-state index contributed by atoms with van der Waals surface area (Å²) < 4.78 is 0. The van der Waals surface area contributed by atoms with E-state index in [9.17, 15) is 4.79 Å². The highest BCUT2D eigenvalue weighted by Gasteiger charge is 2.09. The second-order valence-corrected chi connectivity index (χ2v) is 3.84. The van der Waals surface area contributed by atoms with Crippen LogP contribution >= 0.6 is 23.4 Å². The summed E-state index contributed by atoms with van der Waals surface area (Å²) in [6.07, 6.45) is 1.93. The molecule has 2 nitrogen and oxygen atoms in total. The lowest BCUT2D eigenvalue weighted by Gasteiger charge is -2.03. The molecule has 0 aliphatic rings. The Morgan fingerprint density at radius 3 is 2.85 bits per heavy atom. The molecule has 1 rings (SSSR count). The molecule has 0 spiro atoms. The van der Waals surface area contributed by atoms with E-state index in [0.717, 1.165) is 5.56 Å². The zero-order valence-corrected chi connectivity index (χ0v) is 8.65. The summed E-state index contributed by atoms with van der Waals surface area (Å²) in [5, 5.41) is 9.31. The van der Waals surface area contributed by atoms with E-state index in [1.807, 2.05) is 6.26 Å². The number of carboxylic acid groups (broad SMARTS) is 1. The molecular weight excluding hydrogens is 208 g/mol. The van der Waals surface area contributed by atoms with Crippen LogP contribution in [0.3, 0.4) is 0 Å². The molecule has 1 aromatic rings. The summed E-state index contributed by atoms with van der Waals surface area (Å²) in [6.45, 7) is 0. The average molecular weight is 217 g/mol.